The maximum atomic E-state index is 12.8. The van der Waals surface area contributed by atoms with E-state index in [1.165, 1.54) is 11.3 Å². The van der Waals surface area contributed by atoms with Gasteiger partial charge in [-0.15, -0.1) is 11.3 Å². The number of nitrogens with zero attached hydrogens (tertiary/aromatic N) is 3. The zero-order valence-corrected chi connectivity index (χ0v) is 13.8. The highest BCUT2D eigenvalue weighted by molar-refractivity contribution is 7.09. The highest BCUT2D eigenvalue weighted by Gasteiger charge is 2.23. The van der Waals surface area contributed by atoms with Gasteiger partial charge in [-0.05, 0) is 38.1 Å². The largest absolute Gasteiger partial charge is 0.449 e. The maximum Gasteiger partial charge on any atom is 0.290 e. The quantitative estimate of drug-likeness (QED) is 0.714. The number of thiazole rings is 1. The van der Waals surface area contributed by atoms with Crippen LogP contribution in [0.25, 0.3) is 11.5 Å². The number of pyridine rings is 1. The van der Waals surface area contributed by atoms with Gasteiger partial charge in [0.15, 0.2) is 11.5 Å². The van der Waals surface area contributed by atoms with Gasteiger partial charge >= 0.3 is 0 Å². The first-order chi connectivity index (χ1) is 11.1. The molecule has 3 aromatic rings. The molecular weight excluding hydrogens is 310 g/mol. The zero-order valence-electron chi connectivity index (χ0n) is 13.0. The first-order valence-corrected chi connectivity index (χ1v) is 8.22. The summed E-state index contributed by atoms with van der Waals surface area (Å²) in [6.45, 7) is 4.50. The fraction of sp³-hybridized carbons (Fsp3) is 0.235. The molecule has 0 aliphatic heterocycles. The number of amides is 1. The molecule has 0 spiro atoms. The van der Waals surface area contributed by atoms with Crippen molar-refractivity contribution in [1.29, 1.82) is 0 Å². The lowest BCUT2D eigenvalue weighted by Gasteiger charge is -2.25. The lowest BCUT2D eigenvalue weighted by Crippen LogP contribution is -2.35. The van der Waals surface area contributed by atoms with Crippen LogP contribution in [0.4, 0.5) is 0 Å². The fourth-order valence-corrected chi connectivity index (χ4v) is 2.81. The van der Waals surface area contributed by atoms with Gasteiger partial charge in [0, 0.05) is 23.3 Å². The molecule has 0 aliphatic carbocycles. The zero-order chi connectivity index (χ0) is 16.2. The van der Waals surface area contributed by atoms with E-state index in [9.17, 15) is 4.79 Å². The minimum atomic E-state index is -0.129. The maximum absolute atomic E-state index is 12.8. The normalized spacial score (nSPS) is 10.9. The monoisotopic (exact) mass is 327 g/mol. The minimum absolute atomic E-state index is 0.0630. The first-order valence-electron chi connectivity index (χ1n) is 7.34. The summed E-state index contributed by atoms with van der Waals surface area (Å²) in [6, 6.07) is 9.12. The molecule has 3 heterocycles. The van der Waals surface area contributed by atoms with Crippen molar-refractivity contribution in [3.63, 3.8) is 0 Å². The van der Waals surface area contributed by atoms with Crippen molar-refractivity contribution in [3.05, 3.63) is 58.9 Å². The minimum Gasteiger partial charge on any atom is -0.449 e. The third-order valence-corrected chi connectivity index (χ3v) is 4.19. The van der Waals surface area contributed by atoms with E-state index in [0.717, 1.165) is 4.88 Å². The van der Waals surface area contributed by atoms with Crippen LogP contribution in [0.15, 0.2) is 52.7 Å². The molecule has 3 aromatic heterocycles. The second kappa shape index (κ2) is 6.75. The second-order valence-electron chi connectivity index (χ2n) is 5.37. The molecule has 118 valence electrons. The first kappa shape index (κ1) is 15.4. The molecule has 6 heteroatoms. The average molecular weight is 327 g/mol. The molecule has 0 aliphatic rings. The van der Waals surface area contributed by atoms with E-state index in [-0.39, 0.29) is 11.9 Å². The van der Waals surface area contributed by atoms with Gasteiger partial charge in [-0.3, -0.25) is 14.8 Å². The summed E-state index contributed by atoms with van der Waals surface area (Å²) in [7, 11) is 0. The van der Waals surface area contributed by atoms with Gasteiger partial charge < -0.3 is 9.32 Å². The van der Waals surface area contributed by atoms with E-state index in [2.05, 4.69) is 9.97 Å². The number of hydrogen-bond donors (Lipinski definition) is 0. The molecule has 3 rings (SSSR count). The fourth-order valence-electron chi connectivity index (χ4n) is 2.22. The van der Waals surface area contributed by atoms with Crippen molar-refractivity contribution in [3.8, 4) is 11.5 Å². The number of carbonyl (C=O) groups excluding carboxylic acids is 1. The van der Waals surface area contributed by atoms with Gasteiger partial charge in [0.1, 0.15) is 5.69 Å². The Hall–Kier alpha value is -2.47. The molecule has 0 unspecified atom stereocenters. The van der Waals surface area contributed by atoms with Crippen LogP contribution < -0.4 is 0 Å². The van der Waals surface area contributed by atoms with E-state index in [0.29, 0.717) is 23.8 Å². The van der Waals surface area contributed by atoms with Crippen LogP contribution in [0.2, 0.25) is 0 Å². The van der Waals surface area contributed by atoms with Gasteiger partial charge in [0.05, 0.1) is 12.1 Å². The Labute approximate surface area is 138 Å². The lowest BCUT2D eigenvalue weighted by atomic mass is 10.2. The van der Waals surface area contributed by atoms with Crippen LogP contribution >= 0.6 is 11.3 Å². The van der Waals surface area contributed by atoms with Crippen LogP contribution in [0.5, 0.6) is 0 Å². The summed E-state index contributed by atoms with van der Waals surface area (Å²) in [4.78, 5) is 23.9. The van der Waals surface area contributed by atoms with E-state index < -0.39 is 0 Å². The summed E-state index contributed by atoms with van der Waals surface area (Å²) in [5, 5.41) is 0. The van der Waals surface area contributed by atoms with E-state index >= 15 is 0 Å². The molecule has 0 aromatic carbocycles. The molecule has 0 atom stereocenters. The van der Waals surface area contributed by atoms with Crippen LogP contribution in [0, 0.1) is 0 Å². The van der Waals surface area contributed by atoms with Crippen molar-refractivity contribution in [2.45, 2.75) is 26.4 Å². The number of carbonyl (C=O) groups is 1. The second-order valence-corrected chi connectivity index (χ2v) is 6.34. The molecule has 0 bridgehead atoms. The van der Waals surface area contributed by atoms with Crippen molar-refractivity contribution in [2.24, 2.45) is 0 Å². The highest BCUT2D eigenvalue weighted by Crippen LogP contribution is 2.22. The highest BCUT2D eigenvalue weighted by atomic mass is 32.1. The van der Waals surface area contributed by atoms with Gasteiger partial charge in [-0.2, -0.15) is 0 Å². The Balaban J connectivity index is 1.82. The Morgan fingerprint density at radius 3 is 2.83 bits per heavy atom. The lowest BCUT2D eigenvalue weighted by molar-refractivity contribution is 0.0660. The summed E-state index contributed by atoms with van der Waals surface area (Å²) >= 11 is 1.54. The number of aromatic nitrogens is 2. The van der Waals surface area contributed by atoms with E-state index in [1.807, 2.05) is 32.0 Å². The summed E-state index contributed by atoms with van der Waals surface area (Å²) in [5.41, 5.74) is 2.48. The predicted octanol–water partition coefficient (Wildman–Crippen LogP) is 3.85. The Bertz CT molecular complexity index is 766. The summed E-state index contributed by atoms with van der Waals surface area (Å²) in [6.07, 6.45) is 3.48. The molecule has 23 heavy (non-hydrogen) atoms. The number of furan rings is 1. The molecule has 5 nitrogen and oxygen atoms in total. The van der Waals surface area contributed by atoms with Crippen LogP contribution in [0.1, 0.15) is 29.3 Å². The van der Waals surface area contributed by atoms with Crippen molar-refractivity contribution < 1.29 is 9.21 Å². The van der Waals surface area contributed by atoms with Crippen LogP contribution in [-0.2, 0) is 6.54 Å². The topological polar surface area (TPSA) is 59.2 Å². The number of rotatable bonds is 5. The predicted molar refractivity (Wildman–Crippen MR) is 89.1 cm³/mol. The average Bonchev–Trinajstić information content (AvgIpc) is 3.24. The molecule has 0 radical (unpaired) electrons. The SMILES string of the molecule is CC(C)N(Cc1cncs1)C(=O)c1ccc(-c2ccccn2)o1. The smallest absolute Gasteiger partial charge is 0.290 e. The van der Waals surface area contributed by atoms with Crippen molar-refractivity contribution >= 4 is 17.2 Å². The van der Waals surface area contributed by atoms with Crippen molar-refractivity contribution in [1.82, 2.24) is 14.9 Å². The van der Waals surface area contributed by atoms with Gasteiger partial charge in [0.2, 0.25) is 0 Å². The summed E-state index contributed by atoms with van der Waals surface area (Å²) in [5.74, 6) is 0.787. The Kier molecular flexibility index (Phi) is 4.52. The third kappa shape index (κ3) is 3.48. The Morgan fingerprint density at radius 2 is 2.17 bits per heavy atom. The van der Waals surface area contributed by atoms with E-state index in [1.54, 1.807) is 34.9 Å². The third-order valence-electron chi connectivity index (χ3n) is 3.43. The van der Waals surface area contributed by atoms with Gasteiger partial charge in [-0.25, -0.2) is 0 Å². The van der Waals surface area contributed by atoms with Crippen LogP contribution in [-0.4, -0.2) is 26.8 Å². The van der Waals surface area contributed by atoms with Gasteiger partial charge in [-0.1, -0.05) is 6.07 Å². The molecule has 0 saturated carbocycles. The molecule has 0 N–H and O–H groups in total. The van der Waals surface area contributed by atoms with E-state index in [4.69, 9.17) is 4.42 Å². The number of hydrogen-bond acceptors (Lipinski definition) is 5. The molecular formula is C17H17N3O2S. The summed E-state index contributed by atoms with van der Waals surface area (Å²) < 4.78 is 5.72. The standard InChI is InChI=1S/C17H17N3O2S/c1-12(2)20(10-13-9-18-11-23-13)17(21)16-7-6-15(22-16)14-5-3-4-8-19-14/h3-9,11-12H,10H2,1-2H3. The van der Waals surface area contributed by atoms with Crippen molar-refractivity contribution in [2.75, 3.05) is 0 Å². The molecule has 0 fully saturated rings. The molecule has 0 saturated heterocycles. The molecule has 1 amide bonds. The Morgan fingerprint density at radius 1 is 1.30 bits per heavy atom. The van der Waals surface area contributed by atoms with Gasteiger partial charge in [0.25, 0.3) is 5.91 Å². The van der Waals surface area contributed by atoms with Crippen LogP contribution in [0.3, 0.4) is 0 Å².